The van der Waals surface area contributed by atoms with Crippen molar-refractivity contribution in [3.8, 4) is 0 Å². The van der Waals surface area contributed by atoms with Crippen molar-refractivity contribution in [2.75, 3.05) is 20.8 Å². The van der Waals surface area contributed by atoms with Gasteiger partial charge in [0.15, 0.2) is 0 Å². The molecule has 4 heteroatoms. The summed E-state index contributed by atoms with van der Waals surface area (Å²) >= 11 is 0. The van der Waals surface area contributed by atoms with E-state index in [1.54, 1.807) is 7.11 Å². The van der Waals surface area contributed by atoms with E-state index in [1.165, 1.54) is 7.11 Å². The molecule has 15 heavy (non-hydrogen) atoms. The van der Waals surface area contributed by atoms with Gasteiger partial charge in [0.05, 0.1) is 13.2 Å². The van der Waals surface area contributed by atoms with Crippen LogP contribution in [-0.4, -0.2) is 38.9 Å². The molecule has 0 bridgehead atoms. The Kier molecular flexibility index (Phi) is 2.98. The summed E-state index contributed by atoms with van der Waals surface area (Å²) in [5, 5.41) is 3.17. The van der Waals surface area contributed by atoms with Crippen LogP contribution in [0.25, 0.3) is 0 Å². The molecule has 0 unspecified atom stereocenters. The third kappa shape index (κ3) is 1.76. The molecule has 4 nitrogen and oxygen atoms in total. The molecule has 86 valence electrons. The molecule has 1 saturated carbocycles. The first kappa shape index (κ1) is 10.9. The van der Waals surface area contributed by atoms with E-state index in [4.69, 9.17) is 9.47 Å². The second kappa shape index (κ2) is 4.10. The zero-order valence-electron chi connectivity index (χ0n) is 9.41. The molecule has 2 rings (SSSR count). The number of hydrogen-bond donors (Lipinski definition) is 1. The Morgan fingerprint density at radius 3 is 2.40 bits per heavy atom. The topological polar surface area (TPSA) is 47.6 Å². The lowest BCUT2D eigenvalue weighted by Gasteiger charge is -2.52. The maximum absolute atomic E-state index is 11.5. The highest BCUT2D eigenvalue weighted by Gasteiger charge is 2.52. The van der Waals surface area contributed by atoms with Crippen molar-refractivity contribution in [1.82, 2.24) is 5.32 Å². The number of nitrogens with one attached hydrogen (secondary N) is 1. The molecule has 1 N–H and O–H groups in total. The van der Waals surface area contributed by atoms with Crippen molar-refractivity contribution in [3.63, 3.8) is 0 Å². The minimum atomic E-state index is -0.114. The molecule has 1 aliphatic heterocycles. The van der Waals surface area contributed by atoms with Crippen LogP contribution in [0.4, 0.5) is 0 Å². The van der Waals surface area contributed by atoms with Crippen molar-refractivity contribution >= 4 is 5.97 Å². The summed E-state index contributed by atoms with van der Waals surface area (Å²) in [7, 11) is 3.22. The Balaban J connectivity index is 1.95. The number of ether oxygens (including phenoxy) is 2. The summed E-state index contributed by atoms with van der Waals surface area (Å²) < 4.78 is 10.1. The normalized spacial score (nSPS) is 39.9. The average Bonchev–Trinajstić information content (AvgIpc) is 2.27. The number of rotatable bonds is 2. The zero-order chi connectivity index (χ0) is 10.9. The maximum Gasteiger partial charge on any atom is 0.323 e. The highest BCUT2D eigenvalue weighted by molar-refractivity contribution is 5.78. The molecule has 2 fully saturated rings. The first-order valence-corrected chi connectivity index (χ1v) is 5.56. The number of carbonyl (C=O) groups is 1. The monoisotopic (exact) mass is 213 g/mol. The number of carbonyl (C=O) groups excluding carboxylic acids is 1. The average molecular weight is 213 g/mol. The van der Waals surface area contributed by atoms with E-state index in [-0.39, 0.29) is 17.4 Å². The molecular weight excluding hydrogens is 194 g/mol. The third-order valence-electron chi connectivity index (χ3n) is 3.97. The van der Waals surface area contributed by atoms with E-state index in [2.05, 4.69) is 5.32 Å². The van der Waals surface area contributed by atoms with Gasteiger partial charge in [0.25, 0.3) is 0 Å². The first-order valence-electron chi connectivity index (χ1n) is 5.56. The van der Waals surface area contributed by atoms with Gasteiger partial charge in [-0.05, 0) is 25.7 Å². The zero-order valence-corrected chi connectivity index (χ0v) is 9.41. The van der Waals surface area contributed by atoms with E-state index >= 15 is 0 Å². The highest BCUT2D eigenvalue weighted by atomic mass is 16.5. The summed E-state index contributed by atoms with van der Waals surface area (Å²) in [6.07, 6.45) is 4.64. The molecule has 1 atom stereocenters. The van der Waals surface area contributed by atoms with Crippen LogP contribution in [0.5, 0.6) is 0 Å². The third-order valence-corrected chi connectivity index (χ3v) is 3.97. The Labute approximate surface area is 90.3 Å². The number of methoxy groups -OCH3 is 2. The Morgan fingerprint density at radius 2 is 2.00 bits per heavy atom. The van der Waals surface area contributed by atoms with Crippen LogP contribution >= 0.6 is 0 Å². The van der Waals surface area contributed by atoms with E-state index < -0.39 is 0 Å². The Hall–Kier alpha value is -0.610. The number of hydrogen-bond acceptors (Lipinski definition) is 4. The molecule has 0 radical (unpaired) electrons. The Bertz CT molecular complexity index is 246. The summed E-state index contributed by atoms with van der Waals surface area (Å²) in [6.45, 7) is 0.948. The van der Waals surface area contributed by atoms with E-state index in [1.807, 2.05) is 0 Å². The van der Waals surface area contributed by atoms with E-state index in [9.17, 15) is 4.79 Å². The summed E-state index contributed by atoms with van der Waals surface area (Å²) in [5.74, 6) is -0.114. The van der Waals surface area contributed by atoms with Gasteiger partial charge in [-0.2, -0.15) is 0 Å². The molecule has 1 heterocycles. The van der Waals surface area contributed by atoms with Crippen LogP contribution in [0.3, 0.4) is 0 Å². The van der Waals surface area contributed by atoms with Crippen LogP contribution in [0.1, 0.15) is 25.7 Å². The Morgan fingerprint density at radius 1 is 1.33 bits per heavy atom. The van der Waals surface area contributed by atoms with Crippen LogP contribution in [0.2, 0.25) is 0 Å². The van der Waals surface area contributed by atoms with Gasteiger partial charge in [-0.1, -0.05) is 0 Å². The van der Waals surface area contributed by atoms with Crippen molar-refractivity contribution < 1.29 is 14.3 Å². The fourth-order valence-corrected chi connectivity index (χ4v) is 2.81. The number of esters is 1. The van der Waals surface area contributed by atoms with Crippen molar-refractivity contribution in [2.24, 2.45) is 5.41 Å². The molecule has 0 aromatic carbocycles. The maximum atomic E-state index is 11.5. The second-order valence-corrected chi connectivity index (χ2v) is 4.63. The summed E-state index contributed by atoms with van der Waals surface area (Å²) in [5.41, 5.74) is 0.155. The first-order chi connectivity index (χ1) is 7.22. The fraction of sp³-hybridized carbons (Fsp3) is 0.909. The molecule has 1 spiro atoms. The van der Waals surface area contributed by atoms with Gasteiger partial charge < -0.3 is 14.8 Å². The quantitative estimate of drug-likeness (QED) is 0.686. The lowest BCUT2D eigenvalue weighted by Crippen LogP contribution is -2.67. The van der Waals surface area contributed by atoms with Crippen molar-refractivity contribution in [3.05, 3.63) is 0 Å². The standard InChI is InChI=1S/C11H19NO3/c1-14-8-3-5-11(6-4-8)7-12-9(11)10(13)15-2/h8-9,12H,3-7H2,1-2H3/t8?,9-,11?/m1/s1. The molecular formula is C11H19NO3. The van der Waals surface area contributed by atoms with Gasteiger partial charge in [-0.3, -0.25) is 4.79 Å². The minimum absolute atomic E-state index is 0.0830. The second-order valence-electron chi connectivity index (χ2n) is 4.63. The molecule has 1 aliphatic carbocycles. The lowest BCUT2D eigenvalue weighted by molar-refractivity contribution is -0.154. The lowest BCUT2D eigenvalue weighted by atomic mass is 9.63. The van der Waals surface area contributed by atoms with Gasteiger partial charge in [0, 0.05) is 19.1 Å². The minimum Gasteiger partial charge on any atom is -0.468 e. The van der Waals surface area contributed by atoms with Gasteiger partial charge in [0.2, 0.25) is 0 Å². The van der Waals surface area contributed by atoms with Crippen LogP contribution < -0.4 is 5.32 Å². The van der Waals surface area contributed by atoms with Gasteiger partial charge >= 0.3 is 5.97 Å². The van der Waals surface area contributed by atoms with Gasteiger partial charge in [-0.25, -0.2) is 0 Å². The van der Waals surface area contributed by atoms with E-state index in [0.717, 1.165) is 32.2 Å². The van der Waals surface area contributed by atoms with Crippen molar-refractivity contribution in [1.29, 1.82) is 0 Å². The van der Waals surface area contributed by atoms with Crippen LogP contribution in [0.15, 0.2) is 0 Å². The largest absolute Gasteiger partial charge is 0.468 e. The molecule has 0 amide bonds. The SMILES string of the molecule is COC(=O)[C@H]1NCC12CCC(OC)CC2. The fourth-order valence-electron chi connectivity index (χ4n) is 2.81. The van der Waals surface area contributed by atoms with Crippen LogP contribution in [0, 0.1) is 5.41 Å². The van der Waals surface area contributed by atoms with Crippen molar-refractivity contribution in [2.45, 2.75) is 37.8 Å². The molecule has 1 saturated heterocycles. The molecule has 0 aromatic rings. The summed E-state index contributed by atoms with van der Waals surface area (Å²) in [6, 6.07) is -0.0830. The molecule has 2 aliphatic rings. The highest BCUT2D eigenvalue weighted by Crippen LogP contribution is 2.44. The predicted octanol–water partition coefficient (Wildman–Crippen LogP) is 0.707. The van der Waals surface area contributed by atoms with Gasteiger partial charge in [-0.15, -0.1) is 0 Å². The van der Waals surface area contributed by atoms with Gasteiger partial charge in [0.1, 0.15) is 6.04 Å². The van der Waals surface area contributed by atoms with E-state index in [0.29, 0.717) is 6.10 Å². The van der Waals surface area contributed by atoms with Crippen LogP contribution in [-0.2, 0) is 14.3 Å². The summed E-state index contributed by atoms with van der Waals surface area (Å²) in [4.78, 5) is 11.5. The predicted molar refractivity (Wildman–Crippen MR) is 55.5 cm³/mol. The molecule has 0 aromatic heterocycles. The smallest absolute Gasteiger partial charge is 0.323 e.